The molecule has 0 atom stereocenters. The summed E-state index contributed by atoms with van der Waals surface area (Å²) in [6, 6.07) is 20.7. The summed E-state index contributed by atoms with van der Waals surface area (Å²) in [6.45, 7) is 1.78. The molecule has 0 aliphatic carbocycles. The summed E-state index contributed by atoms with van der Waals surface area (Å²) in [6.07, 6.45) is 1.49. The minimum Gasteiger partial charge on any atom is -0.322 e. The molecule has 0 fully saturated rings. The number of benzene rings is 3. The Bertz CT molecular complexity index is 1320. The summed E-state index contributed by atoms with van der Waals surface area (Å²) in [7, 11) is 0. The Balaban J connectivity index is 1.40. The monoisotopic (exact) mass is 459 g/mol. The molecule has 0 radical (unpaired) electrons. The molecular weight excluding hydrogens is 442 g/mol. The molecule has 2 N–H and O–H groups in total. The number of rotatable bonds is 6. The molecule has 1 heterocycles. The lowest BCUT2D eigenvalue weighted by Crippen LogP contribution is -2.19. The first kappa shape index (κ1) is 21.8. The Morgan fingerprint density at radius 2 is 1.73 bits per heavy atom. The smallest absolute Gasteiger partial charge is 0.271 e. The highest BCUT2D eigenvalue weighted by Crippen LogP contribution is 2.17. The number of carbonyl (C=O) groups is 2. The molecule has 0 saturated heterocycles. The zero-order chi connectivity index (χ0) is 23.2. The summed E-state index contributed by atoms with van der Waals surface area (Å²) < 4.78 is 1.53. The largest absolute Gasteiger partial charge is 0.322 e. The Morgan fingerprint density at radius 1 is 0.939 bits per heavy atom. The van der Waals surface area contributed by atoms with E-state index in [0.29, 0.717) is 27.5 Å². The molecule has 33 heavy (non-hydrogen) atoms. The van der Waals surface area contributed by atoms with E-state index >= 15 is 0 Å². The van der Waals surface area contributed by atoms with Gasteiger partial charge in [-0.3, -0.25) is 9.59 Å². The maximum atomic E-state index is 12.5. The second-order valence-corrected chi connectivity index (χ2v) is 7.36. The lowest BCUT2D eigenvalue weighted by atomic mass is 10.1. The van der Waals surface area contributed by atoms with E-state index in [-0.39, 0.29) is 11.8 Å². The van der Waals surface area contributed by atoms with Crippen molar-refractivity contribution in [3.8, 4) is 5.69 Å². The Hall–Kier alpha value is -4.37. The van der Waals surface area contributed by atoms with Gasteiger partial charge in [0.2, 0.25) is 0 Å². The number of halogens is 1. The van der Waals surface area contributed by atoms with Gasteiger partial charge in [-0.1, -0.05) is 35.9 Å². The first-order chi connectivity index (χ1) is 16.0. The zero-order valence-electron chi connectivity index (χ0n) is 17.4. The summed E-state index contributed by atoms with van der Waals surface area (Å²) in [5.74, 6) is -0.711. The molecule has 4 rings (SSSR count). The van der Waals surface area contributed by atoms with Crippen LogP contribution in [-0.4, -0.2) is 37.7 Å². The third-order valence-electron chi connectivity index (χ3n) is 4.73. The number of hydrogen-bond donors (Lipinski definition) is 2. The van der Waals surface area contributed by atoms with Gasteiger partial charge in [0.05, 0.1) is 22.0 Å². The number of aromatic nitrogens is 4. The maximum Gasteiger partial charge on any atom is 0.271 e. The first-order valence-electron chi connectivity index (χ1n) is 9.85. The van der Waals surface area contributed by atoms with Gasteiger partial charge in [0, 0.05) is 11.3 Å². The van der Waals surface area contributed by atoms with Crippen LogP contribution in [0.25, 0.3) is 5.69 Å². The Labute approximate surface area is 194 Å². The van der Waals surface area contributed by atoms with Crippen LogP contribution in [-0.2, 0) is 0 Å². The molecule has 164 valence electrons. The number of nitrogens with one attached hydrogen (secondary N) is 2. The third kappa shape index (κ3) is 5.28. The van der Waals surface area contributed by atoms with E-state index in [4.69, 9.17) is 11.6 Å². The van der Waals surface area contributed by atoms with Crippen molar-refractivity contribution in [2.75, 3.05) is 5.32 Å². The minimum absolute atomic E-state index is 0.332. The third-order valence-corrected chi connectivity index (χ3v) is 5.06. The fourth-order valence-corrected chi connectivity index (χ4v) is 3.19. The average Bonchev–Trinajstić information content (AvgIpc) is 3.38. The highest BCUT2D eigenvalue weighted by atomic mass is 35.5. The summed E-state index contributed by atoms with van der Waals surface area (Å²) in [4.78, 5) is 24.8. The lowest BCUT2D eigenvalue weighted by Gasteiger charge is -2.08. The molecule has 3 aromatic carbocycles. The second kappa shape index (κ2) is 9.84. The SMILES string of the molecule is C/C(=N\NC(=O)c1ccc(NC(=O)c2ccccc2Cl)cc1)c1cccc(-n2cnnn2)c1. The molecule has 4 aromatic rings. The van der Waals surface area contributed by atoms with Gasteiger partial charge in [0.25, 0.3) is 11.8 Å². The highest BCUT2D eigenvalue weighted by molar-refractivity contribution is 6.34. The molecule has 0 unspecified atom stereocenters. The Kier molecular flexibility index (Phi) is 6.51. The van der Waals surface area contributed by atoms with Crippen molar-refractivity contribution in [2.45, 2.75) is 6.92 Å². The standard InChI is InChI=1S/C23H18ClN7O2/c1-15(17-5-4-6-19(13-17)31-14-25-29-30-31)27-28-22(32)16-9-11-18(12-10-16)26-23(33)20-7-2-3-8-21(20)24/h2-14H,1H3,(H,26,33)(H,28,32)/b27-15+. The van der Waals surface area contributed by atoms with Gasteiger partial charge in [0.15, 0.2) is 0 Å². The predicted octanol–water partition coefficient (Wildman–Crippen LogP) is 3.72. The van der Waals surface area contributed by atoms with Crippen molar-refractivity contribution in [2.24, 2.45) is 5.10 Å². The van der Waals surface area contributed by atoms with Crippen LogP contribution < -0.4 is 10.7 Å². The van der Waals surface area contributed by atoms with Crippen LogP contribution >= 0.6 is 11.6 Å². The quantitative estimate of drug-likeness (QED) is 0.337. The van der Waals surface area contributed by atoms with E-state index in [1.807, 2.05) is 24.3 Å². The van der Waals surface area contributed by atoms with E-state index in [1.54, 1.807) is 55.5 Å². The topological polar surface area (TPSA) is 114 Å². The number of anilines is 1. The normalized spacial score (nSPS) is 11.2. The van der Waals surface area contributed by atoms with Crippen LogP contribution in [0.5, 0.6) is 0 Å². The van der Waals surface area contributed by atoms with Crippen LogP contribution in [0.15, 0.2) is 84.2 Å². The highest BCUT2D eigenvalue weighted by Gasteiger charge is 2.11. The number of nitrogens with zero attached hydrogens (tertiary/aromatic N) is 5. The van der Waals surface area contributed by atoms with Crippen LogP contribution in [0.3, 0.4) is 0 Å². The van der Waals surface area contributed by atoms with E-state index in [1.165, 1.54) is 11.0 Å². The fourth-order valence-electron chi connectivity index (χ4n) is 2.97. The van der Waals surface area contributed by atoms with E-state index < -0.39 is 0 Å². The number of tetrazole rings is 1. The van der Waals surface area contributed by atoms with Gasteiger partial charge in [0.1, 0.15) is 6.33 Å². The van der Waals surface area contributed by atoms with Crippen LogP contribution in [0.2, 0.25) is 5.02 Å². The Morgan fingerprint density at radius 3 is 2.45 bits per heavy atom. The average molecular weight is 460 g/mol. The maximum absolute atomic E-state index is 12.5. The molecule has 1 aromatic heterocycles. The first-order valence-corrected chi connectivity index (χ1v) is 10.2. The molecule has 2 amide bonds. The van der Waals surface area contributed by atoms with Gasteiger partial charge < -0.3 is 5.32 Å². The lowest BCUT2D eigenvalue weighted by molar-refractivity contribution is 0.0954. The van der Waals surface area contributed by atoms with E-state index in [0.717, 1.165) is 11.3 Å². The van der Waals surface area contributed by atoms with E-state index in [9.17, 15) is 9.59 Å². The molecular formula is C23H18ClN7O2. The number of carbonyl (C=O) groups excluding carboxylic acids is 2. The minimum atomic E-state index is -0.380. The number of hydrazone groups is 1. The molecule has 0 bridgehead atoms. The molecule has 9 nitrogen and oxygen atoms in total. The molecule has 10 heteroatoms. The van der Waals surface area contributed by atoms with Crippen LogP contribution in [0.1, 0.15) is 33.2 Å². The van der Waals surface area contributed by atoms with Crippen LogP contribution in [0.4, 0.5) is 5.69 Å². The van der Waals surface area contributed by atoms with Crippen molar-refractivity contribution in [3.63, 3.8) is 0 Å². The summed E-state index contributed by atoms with van der Waals surface area (Å²) in [5, 5.41) is 18.4. The molecule has 0 spiro atoms. The van der Waals surface area contributed by atoms with Crippen molar-refractivity contribution in [1.29, 1.82) is 0 Å². The second-order valence-electron chi connectivity index (χ2n) is 6.95. The molecule has 0 saturated carbocycles. The van der Waals surface area contributed by atoms with Gasteiger partial charge in [-0.05, 0) is 71.4 Å². The van der Waals surface area contributed by atoms with Crippen molar-refractivity contribution in [1.82, 2.24) is 25.6 Å². The van der Waals surface area contributed by atoms with E-state index in [2.05, 4.69) is 31.4 Å². The molecule has 0 aliphatic rings. The van der Waals surface area contributed by atoms with Crippen molar-refractivity contribution in [3.05, 3.63) is 101 Å². The zero-order valence-corrected chi connectivity index (χ0v) is 18.2. The fraction of sp³-hybridized carbons (Fsp3) is 0.0435. The van der Waals surface area contributed by atoms with Crippen molar-refractivity contribution < 1.29 is 9.59 Å². The number of hydrogen-bond acceptors (Lipinski definition) is 6. The van der Waals surface area contributed by atoms with Gasteiger partial charge in [-0.25, -0.2) is 10.1 Å². The number of amides is 2. The van der Waals surface area contributed by atoms with Gasteiger partial charge >= 0.3 is 0 Å². The predicted molar refractivity (Wildman–Crippen MR) is 125 cm³/mol. The molecule has 0 aliphatic heterocycles. The van der Waals surface area contributed by atoms with Crippen molar-refractivity contribution >= 4 is 34.8 Å². The summed E-state index contributed by atoms with van der Waals surface area (Å²) >= 11 is 6.06. The summed E-state index contributed by atoms with van der Waals surface area (Å²) in [5.41, 5.74) is 6.03. The van der Waals surface area contributed by atoms with Gasteiger partial charge in [-0.15, -0.1) is 5.10 Å². The van der Waals surface area contributed by atoms with Crippen LogP contribution in [0, 0.1) is 0 Å². The van der Waals surface area contributed by atoms with Gasteiger partial charge in [-0.2, -0.15) is 5.10 Å².